The van der Waals surface area contributed by atoms with E-state index in [1.165, 1.54) is 0 Å². The third-order valence-electron chi connectivity index (χ3n) is 4.27. The Morgan fingerprint density at radius 3 is 2.58 bits per heavy atom. The first-order valence-corrected chi connectivity index (χ1v) is 8.60. The van der Waals surface area contributed by atoms with Gasteiger partial charge >= 0.3 is 0 Å². The van der Waals surface area contributed by atoms with Gasteiger partial charge in [-0.1, -0.05) is 38.0 Å². The van der Waals surface area contributed by atoms with Crippen LogP contribution in [0.5, 0.6) is 0 Å². The summed E-state index contributed by atoms with van der Waals surface area (Å²) in [5.41, 5.74) is 7.53. The summed E-state index contributed by atoms with van der Waals surface area (Å²) in [6, 6.07) is 8.04. The van der Waals surface area contributed by atoms with Gasteiger partial charge in [0.1, 0.15) is 11.3 Å². The molecule has 0 saturated carbocycles. The van der Waals surface area contributed by atoms with E-state index in [0.29, 0.717) is 13.0 Å². The number of amides is 1. The number of hydrogen-bond donors (Lipinski definition) is 1. The van der Waals surface area contributed by atoms with Crippen molar-refractivity contribution >= 4 is 29.3 Å². The number of hydrogen-bond acceptors (Lipinski definition) is 3. The second kappa shape index (κ2) is 10.4. The van der Waals surface area contributed by atoms with Crippen molar-refractivity contribution in [3.63, 3.8) is 0 Å². The van der Waals surface area contributed by atoms with Gasteiger partial charge in [-0.25, -0.2) is 0 Å². The minimum absolute atomic E-state index is 0. The fourth-order valence-electron chi connectivity index (χ4n) is 2.90. The Morgan fingerprint density at radius 1 is 1.17 bits per heavy atom. The van der Waals surface area contributed by atoms with Crippen LogP contribution in [0.4, 0.5) is 0 Å². The highest BCUT2D eigenvalue weighted by Crippen LogP contribution is 2.27. The van der Waals surface area contributed by atoms with Crippen LogP contribution < -0.4 is 5.73 Å². The van der Waals surface area contributed by atoms with E-state index >= 15 is 0 Å². The number of nitrogens with zero attached hydrogens (tertiary/aromatic N) is 1. The van der Waals surface area contributed by atoms with E-state index in [-0.39, 0.29) is 18.3 Å². The van der Waals surface area contributed by atoms with Crippen LogP contribution in [-0.4, -0.2) is 24.4 Å². The van der Waals surface area contributed by atoms with Crippen molar-refractivity contribution in [2.75, 3.05) is 13.6 Å². The molecule has 0 spiro atoms. The van der Waals surface area contributed by atoms with Gasteiger partial charge in [0.2, 0.25) is 5.91 Å². The highest BCUT2D eigenvalue weighted by atomic mass is 35.5. The summed E-state index contributed by atoms with van der Waals surface area (Å²) in [6.07, 6.45) is 5.62. The first-order valence-electron chi connectivity index (χ1n) is 8.60. The van der Waals surface area contributed by atoms with Gasteiger partial charge < -0.3 is 15.1 Å². The quantitative estimate of drug-likeness (QED) is 0.685. The summed E-state index contributed by atoms with van der Waals surface area (Å²) >= 11 is 0. The molecule has 0 fully saturated rings. The molecular formula is C19H29ClN2O2. The molecule has 1 aromatic heterocycles. The van der Waals surface area contributed by atoms with Crippen LogP contribution in [0.3, 0.4) is 0 Å². The molecular weight excluding hydrogens is 324 g/mol. The lowest BCUT2D eigenvalue weighted by Gasteiger charge is -2.17. The Hall–Kier alpha value is -1.52. The van der Waals surface area contributed by atoms with E-state index in [1.54, 1.807) is 0 Å². The number of furan rings is 1. The molecule has 0 radical (unpaired) electrons. The second-order valence-corrected chi connectivity index (χ2v) is 6.06. The van der Waals surface area contributed by atoms with Gasteiger partial charge in [0, 0.05) is 37.4 Å². The summed E-state index contributed by atoms with van der Waals surface area (Å²) in [5, 5.41) is 1.12. The van der Waals surface area contributed by atoms with Gasteiger partial charge in [-0.05, 0) is 25.5 Å². The molecule has 1 aromatic carbocycles. The van der Waals surface area contributed by atoms with E-state index < -0.39 is 0 Å². The predicted molar refractivity (Wildman–Crippen MR) is 101 cm³/mol. The maximum Gasteiger partial charge on any atom is 0.222 e. The van der Waals surface area contributed by atoms with Gasteiger partial charge in [0.15, 0.2) is 0 Å². The number of nitrogens with two attached hydrogens (primary N) is 1. The molecule has 0 saturated heterocycles. The van der Waals surface area contributed by atoms with Crippen LogP contribution in [-0.2, 0) is 17.8 Å². The Kier molecular flexibility index (Phi) is 8.87. The Morgan fingerprint density at radius 2 is 1.88 bits per heavy atom. The van der Waals surface area contributed by atoms with E-state index in [2.05, 4.69) is 13.0 Å². The minimum Gasteiger partial charge on any atom is -0.461 e. The standard InChI is InChI=1S/C19H28N2O2.ClH/c1-3-17-16(15-10-7-8-11-18(15)23-17)14-21(2)19(22)12-6-4-5-9-13-20;/h7-8,10-11H,3-6,9,12-14,20H2,1-2H3;1H. The molecule has 4 nitrogen and oxygen atoms in total. The smallest absolute Gasteiger partial charge is 0.222 e. The number of unbranched alkanes of at least 4 members (excludes halogenated alkanes) is 3. The number of carbonyl (C=O) groups excluding carboxylic acids is 1. The number of carbonyl (C=O) groups is 1. The largest absolute Gasteiger partial charge is 0.461 e. The predicted octanol–water partition coefficient (Wildman–Crippen LogP) is 4.28. The third-order valence-corrected chi connectivity index (χ3v) is 4.27. The van der Waals surface area contributed by atoms with Gasteiger partial charge in [0.25, 0.3) is 0 Å². The number of halogens is 1. The van der Waals surface area contributed by atoms with Gasteiger partial charge in [-0.15, -0.1) is 12.4 Å². The van der Waals surface area contributed by atoms with Crippen LogP contribution in [0.2, 0.25) is 0 Å². The van der Waals surface area contributed by atoms with Crippen molar-refractivity contribution in [3.8, 4) is 0 Å². The molecule has 5 heteroatoms. The summed E-state index contributed by atoms with van der Waals surface area (Å²) < 4.78 is 5.90. The van der Waals surface area contributed by atoms with Crippen molar-refractivity contribution in [2.24, 2.45) is 5.73 Å². The molecule has 134 valence electrons. The second-order valence-electron chi connectivity index (χ2n) is 6.06. The highest BCUT2D eigenvalue weighted by molar-refractivity contribution is 5.85. The maximum absolute atomic E-state index is 12.3. The zero-order valence-corrected chi connectivity index (χ0v) is 15.5. The highest BCUT2D eigenvalue weighted by Gasteiger charge is 2.16. The fraction of sp³-hybridized carbons (Fsp3) is 0.526. The van der Waals surface area contributed by atoms with E-state index in [0.717, 1.165) is 60.9 Å². The van der Waals surface area contributed by atoms with Gasteiger partial charge in [0.05, 0.1) is 0 Å². The maximum atomic E-state index is 12.3. The topological polar surface area (TPSA) is 59.5 Å². The molecule has 2 rings (SSSR count). The van der Waals surface area contributed by atoms with Crippen molar-refractivity contribution < 1.29 is 9.21 Å². The van der Waals surface area contributed by atoms with Gasteiger partial charge in [-0.3, -0.25) is 4.79 Å². The number of rotatable bonds is 9. The Labute approximate surface area is 150 Å². The lowest BCUT2D eigenvalue weighted by Crippen LogP contribution is -2.26. The average molecular weight is 353 g/mol. The monoisotopic (exact) mass is 352 g/mol. The molecule has 2 N–H and O–H groups in total. The van der Waals surface area contributed by atoms with E-state index in [9.17, 15) is 4.79 Å². The minimum atomic E-state index is 0. The molecule has 1 heterocycles. The SMILES string of the molecule is CCc1oc2ccccc2c1CN(C)C(=O)CCCCCCN.Cl. The molecule has 0 unspecified atom stereocenters. The average Bonchev–Trinajstić information content (AvgIpc) is 2.92. The first-order chi connectivity index (χ1) is 11.2. The molecule has 0 bridgehead atoms. The number of benzene rings is 1. The zero-order chi connectivity index (χ0) is 16.7. The lowest BCUT2D eigenvalue weighted by molar-refractivity contribution is -0.130. The van der Waals surface area contributed by atoms with Crippen LogP contribution in [0.25, 0.3) is 11.0 Å². The molecule has 0 atom stereocenters. The number of para-hydroxylation sites is 1. The van der Waals surface area contributed by atoms with E-state index in [1.807, 2.05) is 30.1 Å². The van der Waals surface area contributed by atoms with Crippen molar-refractivity contribution in [1.82, 2.24) is 4.90 Å². The molecule has 24 heavy (non-hydrogen) atoms. The van der Waals surface area contributed by atoms with Crippen molar-refractivity contribution in [3.05, 3.63) is 35.6 Å². The normalized spacial score (nSPS) is 10.6. The molecule has 0 aliphatic carbocycles. The summed E-state index contributed by atoms with van der Waals surface area (Å²) in [6.45, 7) is 3.43. The lowest BCUT2D eigenvalue weighted by atomic mass is 10.1. The van der Waals surface area contributed by atoms with E-state index in [4.69, 9.17) is 10.2 Å². The third kappa shape index (κ3) is 5.25. The molecule has 0 aliphatic heterocycles. The molecule has 2 aromatic rings. The van der Waals surface area contributed by atoms with Crippen LogP contribution in [0.1, 0.15) is 50.4 Å². The van der Waals surface area contributed by atoms with Crippen LogP contribution in [0, 0.1) is 0 Å². The fourth-order valence-corrected chi connectivity index (χ4v) is 2.90. The van der Waals surface area contributed by atoms with Crippen molar-refractivity contribution in [1.29, 1.82) is 0 Å². The Balaban J connectivity index is 0.00000288. The molecule has 1 amide bonds. The number of fused-ring (bicyclic) bond motifs is 1. The Bertz CT molecular complexity index is 639. The summed E-state index contributed by atoms with van der Waals surface area (Å²) in [4.78, 5) is 14.1. The summed E-state index contributed by atoms with van der Waals surface area (Å²) in [5.74, 6) is 1.18. The van der Waals surface area contributed by atoms with Crippen LogP contribution >= 0.6 is 12.4 Å². The van der Waals surface area contributed by atoms with Crippen LogP contribution in [0.15, 0.2) is 28.7 Å². The molecule has 0 aliphatic rings. The summed E-state index contributed by atoms with van der Waals surface area (Å²) in [7, 11) is 1.88. The first kappa shape index (κ1) is 20.5. The van der Waals surface area contributed by atoms with Crippen molar-refractivity contribution in [2.45, 2.75) is 52.0 Å². The zero-order valence-electron chi connectivity index (χ0n) is 14.7. The number of aryl methyl sites for hydroxylation is 1. The van der Waals surface area contributed by atoms with Gasteiger partial charge in [-0.2, -0.15) is 0 Å².